The van der Waals surface area contributed by atoms with Crippen molar-refractivity contribution in [1.29, 1.82) is 0 Å². The molecule has 0 aromatic carbocycles. The minimum absolute atomic E-state index is 0.375. The number of hydrogen-bond donors (Lipinski definition) is 1. The van der Waals surface area contributed by atoms with E-state index in [4.69, 9.17) is 4.52 Å². The van der Waals surface area contributed by atoms with Gasteiger partial charge in [-0.25, -0.2) is 0 Å². The second kappa shape index (κ2) is 6.25. The van der Waals surface area contributed by atoms with Crippen LogP contribution in [0.1, 0.15) is 77.4 Å². The van der Waals surface area contributed by atoms with Crippen molar-refractivity contribution >= 4 is 0 Å². The Morgan fingerprint density at radius 3 is 2.45 bits per heavy atom. The Bertz CT molecular complexity index is 414. The second-order valence-corrected chi connectivity index (χ2v) is 7.23. The van der Waals surface area contributed by atoms with E-state index >= 15 is 0 Å². The van der Waals surface area contributed by atoms with Gasteiger partial charge in [0.1, 0.15) is 0 Å². The average Bonchev–Trinajstić information content (AvgIpc) is 2.86. The molecule has 1 aromatic heterocycles. The van der Waals surface area contributed by atoms with Crippen molar-refractivity contribution in [2.45, 2.75) is 78.2 Å². The summed E-state index contributed by atoms with van der Waals surface area (Å²) >= 11 is 0. The molecule has 1 aliphatic rings. The molecule has 2 rings (SSSR count). The van der Waals surface area contributed by atoms with Crippen molar-refractivity contribution in [1.82, 2.24) is 10.1 Å². The minimum Gasteiger partial charge on any atom is -0.393 e. The van der Waals surface area contributed by atoms with Crippen LogP contribution in [0.15, 0.2) is 4.52 Å². The molecule has 1 heterocycles. The fourth-order valence-corrected chi connectivity index (χ4v) is 3.08. The highest BCUT2D eigenvalue weighted by atomic mass is 16.5. The summed E-state index contributed by atoms with van der Waals surface area (Å²) in [5.74, 6) is 2.65. The van der Waals surface area contributed by atoms with E-state index in [9.17, 15) is 5.11 Å². The third-order valence-corrected chi connectivity index (χ3v) is 4.68. The highest BCUT2D eigenvalue weighted by molar-refractivity contribution is 4.99. The van der Waals surface area contributed by atoms with Crippen molar-refractivity contribution in [2.75, 3.05) is 0 Å². The maximum Gasteiger partial charge on any atom is 0.229 e. The molecule has 114 valence electrons. The van der Waals surface area contributed by atoms with E-state index in [1.807, 2.05) is 6.92 Å². The van der Waals surface area contributed by atoms with Crippen molar-refractivity contribution in [3.05, 3.63) is 11.7 Å². The Labute approximate surface area is 122 Å². The zero-order chi connectivity index (χ0) is 14.8. The first-order valence-electron chi connectivity index (χ1n) is 7.90. The van der Waals surface area contributed by atoms with Crippen molar-refractivity contribution in [2.24, 2.45) is 11.3 Å². The van der Waals surface area contributed by atoms with Crippen LogP contribution in [-0.4, -0.2) is 21.4 Å². The van der Waals surface area contributed by atoms with E-state index < -0.39 is 0 Å². The second-order valence-electron chi connectivity index (χ2n) is 7.23. The summed E-state index contributed by atoms with van der Waals surface area (Å²) in [6.07, 6.45) is 5.61. The van der Waals surface area contributed by atoms with Crippen LogP contribution >= 0.6 is 0 Å². The summed E-state index contributed by atoms with van der Waals surface area (Å²) in [7, 11) is 0. The number of aliphatic hydroxyl groups excluding tert-OH is 1. The molecule has 0 spiro atoms. The fraction of sp³-hybridized carbons (Fsp3) is 0.875. The number of nitrogens with zero attached hydrogens (tertiary/aromatic N) is 2. The van der Waals surface area contributed by atoms with Crippen LogP contribution in [-0.2, 0) is 6.42 Å². The lowest BCUT2D eigenvalue weighted by atomic mass is 9.70. The van der Waals surface area contributed by atoms with E-state index in [1.165, 1.54) is 12.8 Å². The van der Waals surface area contributed by atoms with Gasteiger partial charge in [-0.1, -0.05) is 32.9 Å². The van der Waals surface area contributed by atoms with Crippen LogP contribution in [0.2, 0.25) is 0 Å². The van der Waals surface area contributed by atoms with Crippen LogP contribution in [0.25, 0.3) is 0 Å². The molecular formula is C16H28N2O2. The van der Waals surface area contributed by atoms with Gasteiger partial charge in [0.05, 0.1) is 12.5 Å². The maximum absolute atomic E-state index is 9.63. The predicted octanol–water partition coefficient (Wildman–Crippen LogP) is 3.70. The first-order valence-corrected chi connectivity index (χ1v) is 7.90. The minimum atomic E-state index is -0.375. The summed E-state index contributed by atoms with van der Waals surface area (Å²) in [6, 6.07) is 0. The number of rotatable bonds is 4. The zero-order valence-corrected chi connectivity index (χ0v) is 13.2. The Hall–Kier alpha value is -0.900. The van der Waals surface area contributed by atoms with E-state index in [1.54, 1.807) is 0 Å². The molecule has 0 bridgehead atoms. The first kappa shape index (κ1) is 15.5. The predicted molar refractivity (Wildman–Crippen MR) is 78.5 cm³/mol. The van der Waals surface area contributed by atoms with Crippen molar-refractivity contribution < 1.29 is 9.63 Å². The van der Waals surface area contributed by atoms with E-state index in [0.717, 1.165) is 24.6 Å². The quantitative estimate of drug-likeness (QED) is 0.913. The molecule has 1 atom stereocenters. The smallest absolute Gasteiger partial charge is 0.229 e. The Kier molecular flexibility index (Phi) is 4.84. The van der Waals surface area contributed by atoms with E-state index in [-0.39, 0.29) is 6.10 Å². The largest absolute Gasteiger partial charge is 0.393 e. The molecule has 0 amide bonds. The Balaban J connectivity index is 1.91. The molecule has 4 heteroatoms. The van der Waals surface area contributed by atoms with Gasteiger partial charge in [0.25, 0.3) is 0 Å². The number of hydrogen-bond acceptors (Lipinski definition) is 4. The summed E-state index contributed by atoms with van der Waals surface area (Å²) in [5, 5.41) is 13.7. The van der Waals surface area contributed by atoms with E-state index in [0.29, 0.717) is 30.1 Å². The van der Waals surface area contributed by atoms with Crippen LogP contribution < -0.4 is 0 Å². The Morgan fingerprint density at radius 1 is 1.25 bits per heavy atom. The summed E-state index contributed by atoms with van der Waals surface area (Å²) in [6.45, 7) is 8.94. The standard InChI is InChI=1S/C16H28N2O2/c1-5-13(19)10-14-17-15(18-20-14)11-6-8-12(9-7-11)16(2,3)4/h11-13,19H,5-10H2,1-4H3. The summed E-state index contributed by atoms with van der Waals surface area (Å²) in [4.78, 5) is 4.47. The molecule has 1 fully saturated rings. The van der Waals surface area contributed by atoms with Gasteiger partial charge in [-0.2, -0.15) is 4.98 Å². The normalized spacial score (nSPS) is 25.6. The fourth-order valence-electron chi connectivity index (χ4n) is 3.08. The van der Waals surface area contributed by atoms with Crippen molar-refractivity contribution in [3.63, 3.8) is 0 Å². The van der Waals surface area contributed by atoms with Gasteiger partial charge in [0.15, 0.2) is 5.82 Å². The SMILES string of the molecule is CCC(O)Cc1nc(C2CCC(C(C)(C)C)CC2)no1. The van der Waals surface area contributed by atoms with Crippen LogP contribution in [0.5, 0.6) is 0 Å². The average molecular weight is 280 g/mol. The monoisotopic (exact) mass is 280 g/mol. The van der Waals surface area contributed by atoms with Crippen LogP contribution in [0.4, 0.5) is 0 Å². The van der Waals surface area contributed by atoms with Crippen LogP contribution in [0.3, 0.4) is 0 Å². The highest BCUT2D eigenvalue weighted by Gasteiger charge is 2.32. The van der Waals surface area contributed by atoms with Gasteiger partial charge in [0.2, 0.25) is 5.89 Å². The molecule has 0 radical (unpaired) electrons. The Morgan fingerprint density at radius 2 is 1.90 bits per heavy atom. The molecule has 1 saturated carbocycles. The molecule has 1 N–H and O–H groups in total. The van der Waals surface area contributed by atoms with Gasteiger partial charge in [-0.05, 0) is 43.4 Å². The van der Waals surface area contributed by atoms with Gasteiger partial charge in [-0.3, -0.25) is 0 Å². The summed E-state index contributed by atoms with van der Waals surface area (Å²) in [5.41, 5.74) is 0.401. The molecule has 0 saturated heterocycles. The lowest BCUT2D eigenvalue weighted by Crippen LogP contribution is -2.25. The van der Waals surface area contributed by atoms with Crippen molar-refractivity contribution in [3.8, 4) is 0 Å². The van der Waals surface area contributed by atoms with Crippen LogP contribution in [0, 0.1) is 11.3 Å². The maximum atomic E-state index is 9.63. The lowest BCUT2D eigenvalue weighted by Gasteiger charge is -2.36. The molecule has 1 aromatic rings. The third kappa shape index (κ3) is 3.81. The first-order chi connectivity index (χ1) is 9.40. The number of aromatic nitrogens is 2. The molecular weight excluding hydrogens is 252 g/mol. The van der Waals surface area contributed by atoms with Gasteiger partial charge in [0, 0.05) is 5.92 Å². The third-order valence-electron chi connectivity index (χ3n) is 4.68. The molecule has 0 aliphatic heterocycles. The highest BCUT2D eigenvalue weighted by Crippen LogP contribution is 2.42. The van der Waals surface area contributed by atoms with Gasteiger partial charge in [-0.15, -0.1) is 0 Å². The number of aliphatic hydroxyl groups is 1. The topological polar surface area (TPSA) is 59.2 Å². The summed E-state index contributed by atoms with van der Waals surface area (Å²) < 4.78 is 5.26. The van der Waals surface area contributed by atoms with Gasteiger partial charge < -0.3 is 9.63 Å². The van der Waals surface area contributed by atoms with Gasteiger partial charge >= 0.3 is 0 Å². The lowest BCUT2D eigenvalue weighted by molar-refractivity contribution is 0.158. The molecule has 20 heavy (non-hydrogen) atoms. The molecule has 1 aliphatic carbocycles. The zero-order valence-electron chi connectivity index (χ0n) is 13.2. The molecule has 1 unspecified atom stereocenters. The molecule has 4 nitrogen and oxygen atoms in total. The van der Waals surface area contributed by atoms with E-state index in [2.05, 4.69) is 30.9 Å².